The molecule has 2 aromatic carbocycles. The molecule has 5 heteroatoms. The fraction of sp³-hybridized carbons (Fsp3) is 0.333. The van der Waals surface area contributed by atoms with Crippen molar-refractivity contribution in [1.82, 2.24) is 10.3 Å². The first-order chi connectivity index (χ1) is 14.3. The lowest BCUT2D eigenvalue weighted by Gasteiger charge is -2.12. The highest BCUT2D eigenvalue weighted by Gasteiger charge is 2.26. The zero-order valence-electron chi connectivity index (χ0n) is 16.3. The molecule has 5 nitrogen and oxygen atoms in total. The molecule has 0 saturated heterocycles. The number of nitrogens with one attached hydrogen (secondary N) is 1. The Labute approximate surface area is 170 Å². The maximum absolute atomic E-state index is 11.7. The van der Waals surface area contributed by atoms with Gasteiger partial charge in [0.15, 0.2) is 0 Å². The number of fused-ring (bicyclic) bond motifs is 2. The van der Waals surface area contributed by atoms with Crippen LogP contribution in [0.4, 0.5) is 0 Å². The van der Waals surface area contributed by atoms with Crippen LogP contribution in [-0.4, -0.2) is 24.1 Å². The number of ether oxygens (including phenoxy) is 2. The van der Waals surface area contributed by atoms with Crippen molar-refractivity contribution >= 4 is 16.8 Å². The Kier molecular flexibility index (Phi) is 4.80. The van der Waals surface area contributed by atoms with Gasteiger partial charge in [-0.2, -0.15) is 0 Å². The summed E-state index contributed by atoms with van der Waals surface area (Å²) in [5, 5.41) is 3.92. The van der Waals surface area contributed by atoms with E-state index in [1.54, 1.807) is 0 Å². The topological polar surface area (TPSA) is 60.5 Å². The normalized spacial score (nSPS) is 15.2. The lowest BCUT2D eigenvalue weighted by molar-refractivity contribution is 0.0965. The molecule has 2 aliphatic rings. The summed E-state index contributed by atoms with van der Waals surface area (Å²) < 4.78 is 12.0. The van der Waals surface area contributed by atoms with Crippen LogP contribution in [0.5, 0.6) is 11.5 Å². The van der Waals surface area contributed by atoms with Gasteiger partial charge in [0, 0.05) is 40.7 Å². The number of aromatic nitrogens is 1. The van der Waals surface area contributed by atoms with Crippen LogP contribution in [0.1, 0.15) is 53.2 Å². The van der Waals surface area contributed by atoms with E-state index in [-0.39, 0.29) is 5.91 Å². The standard InChI is InChI=1S/C24H24N2O3/c27-24-17-7-5-9-22(19(17)15-25-24)28-12-3-4-13-29-23-14-21(16-10-11-16)26-20-8-2-1-6-18(20)23/h1-2,5-9,14,16H,3-4,10-13,15H2,(H,25,27). The van der Waals surface area contributed by atoms with Gasteiger partial charge in [-0.3, -0.25) is 9.78 Å². The Bertz CT molecular complexity index is 1060. The second-order valence-electron chi connectivity index (χ2n) is 7.71. The number of hydrogen-bond donors (Lipinski definition) is 1. The molecule has 148 valence electrons. The Hall–Kier alpha value is -3.08. The van der Waals surface area contributed by atoms with Crippen molar-refractivity contribution in [3.63, 3.8) is 0 Å². The van der Waals surface area contributed by atoms with Gasteiger partial charge in [-0.25, -0.2) is 0 Å². The van der Waals surface area contributed by atoms with E-state index in [1.807, 2.05) is 30.3 Å². The summed E-state index contributed by atoms with van der Waals surface area (Å²) >= 11 is 0. The smallest absolute Gasteiger partial charge is 0.252 e. The fourth-order valence-corrected chi connectivity index (χ4v) is 3.80. The lowest BCUT2D eigenvalue weighted by Crippen LogP contribution is -2.12. The van der Waals surface area contributed by atoms with Gasteiger partial charge in [-0.15, -0.1) is 0 Å². The number of unbranched alkanes of at least 4 members (excludes halogenated alkanes) is 1. The number of nitrogens with zero attached hydrogens (tertiary/aromatic N) is 1. The molecule has 0 atom stereocenters. The second-order valence-corrected chi connectivity index (χ2v) is 7.71. The van der Waals surface area contributed by atoms with Crippen LogP contribution < -0.4 is 14.8 Å². The minimum absolute atomic E-state index is 0.0194. The summed E-state index contributed by atoms with van der Waals surface area (Å²) in [6.45, 7) is 1.80. The number of amides is 1. The third-order valence-electron chi connectivity index (χ3n) is 5.55. The summed E-state index contributed by atoms with van der Waals surface area (Å²) in [5.41, 5.74) is 3.85. The summed E-state index contributed by atoms with van der Waals surface area (Å²) in [7, 11) is 0. The highest BCUT2D eigenvalue weighted by Crippen LogP contribution is 2.41. The SMILES string of the molecule is O=C1NCc2c(OCCCCOc3cc(C4CC4)nc4ccccc34)cccc21. The molecule has 1 aromatic heterocycles. The molecule has 1 amide bonds. The highest BCUT2D eigenvalue weighted by molar-refractivity contribution is 5.99. The van der Waals surface area contributed by atoms with E-state index in [4.69, 9.17) is 14.5 Å². The summed E-state index contributed by atoms with van der Waals surface area (Å²) in [4.78, 5) is 16.5. The Morgan fingerprint density at radius 3 is 2.59 bits per heavy atom. The van der Waals surface area contributed by atoms with Gasteiger partial charge in [0.25, 0.3) is 5.91 Å². The quantitative estimate of drug-likeness (QED) is 0.573. The van der Waals surface area contributed by atoms with Crippen LogP contribution >= 0.6 is 0 Å². The average molecular weight is 388 g/mol. The molecule has 3 aromatic rings. The van der Waals surface area contributed by atoms with Gasteiger partial charge in [0.05, 0.1) is 18.7 Å². The van der Waals surface area contributed by atoms with E-state index in [2.05, 4.69) is 23.5 Å². The van der Waals surface area contributed by atoms with Crippen LogP contribution in [0.25, 0.3) is 10.9 Å². The van der Waals surface area contributed by atoms with E-state index in [0.717, 1.165) is 52.1 Å². The zero-order chi connectivity index (χ0) is 19.6. The summed E-state index contributed by atoms with van der Waals surface area (Å²) in [5.74, 6) is 2.32. The van der Waals surface area contributed by atoms with E-state index in [0.29, 0.717) is 25.7 Å². The number of carbonyl (C=O) groups is 1. The van der Waals surface area contributed by atoms with Crippen molar-refractivity contribution in [2.24, 2.45) is 0 Å². The maximum atomic E-state index is 11.7. The van der Waals surface area contributed by atoms with Crippen LogP contribution in [0.3, 0.4) is 0 Å². The molecule has 1 aliphatic heterocycles. The highest BCUT2D eigenvalue weighted by atomic mass is 16.5. The van der Waals surface area contributed by atoms with Crippen LogP contribution in [-0.2, 0) is 6.54 Å². The average Bonchev–Trinajstić information content (AvgIpc) is 3.53. The molecule has 0 unspecified atom stereocenters. The monoisotopic (exact) mass is 388 g/mol. The first-order valence-corrected chi connectivity index (χ1v) is 10.3. The molecule has 0 bridgehead atoms. The van der Waals surface area contributed by atoms with Gasteiger partial charge in [0.1, 0.15) is 11.5 Å². The predicted octanol–water partition coefficient (Wildman–Crippen LogP) is 4.59. The van der Waals surface area contributed by atoms with E-state index in [1.165, 1.54) is 12.8 Å². The van der Waals surface area contributed by atoms with Crippen LogP contribution in [0.2, 0.25) is 0 Å². The molecule has 0 radical (unpaired) electrons. The molecule has 5 rings (SSSR count). The second kappa shape index (κ2) is 7.74. The molecular weight excluding hydrogens is 364 g/mol. The number of benzene rings is 2. The Morgan fingerprint density at radius 2 is 1.76 bits per heavy atom. The largest absolute Gasteiger partial charge is 0.493 e. The van der Waals surface area contributed by atoms with Crippen molar-refractivity contribution in [3.05, 3.63) is 65.4 Å². The van der Waals surface area contributed by atoms with Gasteiger partial charge < -0.3 is 14.8 Å². The van der Waals surface area contributed by atoms with Gasteiger partial charge in [-0.1, -0.05) is 18.2 Å². The third kappa shape index (κ3) is 3.77. The number of pyridine rings is 1. The maximum Gasteiger partial charge on any atom is 0.252 e. The van der Waals surface area contributed by atoms with Gasteiger partial charge in [-0.05, 0) is 49.9 Å². The molecule has 29 heavy (non-hydrogen) atoms. The molecule has 1 N–H and O–H groups in total. The van der Waals surface area contributed by atoms with Crippen molar-refractivity contribution in [2.45, 2.75) is 38.1 Å². The molecule has 1 aliphatic carbocycles. The Balaban J connectivity index is 1.15. The van der Waals surface area contributed by atoms with Gasteiger partial charge in [0.2, 0.25) is 0 Å². The molecule has 1 saturated carbocycles. The zero-order valence-corrected chi connectivity index (χ0v) is 16.3. The number of carbonyl (C=O) groups excluding carboxylic acids is 1. The fourth-order valence-electron chi connectivity index (χ4n) is 3.80. The van der Waals surface area contributed by atoms with Crippen molar-refractivity contribution in [3.8, 4) is 11.5 Å². The van der Waals surface area contributed by atoms with Crippen molar-refractivity contribution < 1.29 is 14.3 Å². The van der Waals surface area contributed by atoms with Gasteiger partial charge >= 0.3 is 0 Å². The molecule has 0 spiro atoms. The molecular formula is C24H24N2O3. The van der Waals surface area contributed by atoms with Crippen LogP contribution in [0, 0.1) is 0 Å². The van der Waals surface area contributed by atoms with Crippen molar-refractivity contribution in [2.75, 3.05) is 13.2 Å². The first kappa shape index (κ1) is 18.0. The van der Waals surface area contributed by atoms with Crippen molar-refractivity contribution in [1.29, 1.82) is 0 Å². The van der Waals surface area contributed by atoms with E-state index < -0.39 is 0 Å². The van der Waals surface area contributed by atoms with E-state index >= 15 is 0 Å². The minimum Gasteiger partial charge on any atom is -0.493 e. The van der Waals surface area contributed by atoms with E-state index in [9.17, 15) is 4.79 Å². The number of rotatable bonds is 8. The third-order valence-corrected chi connectivity index (χ3v) is 5.55. The molecule has 2 heterocycles. The number of para-hydroxylation sites is 1. The first-order valence-electron chi connectivity index (χ1n) is 10.3. The lowest BCUT2D eigenvalue weighted by atomic mass is 10.1. The molecule has 1 fully saturated rings. The summed E-state index contributed by atoms with van der Waals surface area (Å²) in [6.07, 6.45) is 4.25. The summed E-state index contributed by atoms with van der Waals surface area (Å²) in [6, 6.07) is 15.9. The number of hydrogen-bond acceptors (Lipinski definition) is 4. The predicted molar refractivity (Wildman–Crippen MR) is 112 cm³/mol. The Morgan fingerprint density at radius 1 is 0.966 bits per heavy atom. The van der Waals surface area contributed by atoms with Crippen LogP contribution in [0.15, 0.2) is 48.5 Å². The minimum atomic E-state index is -0.0194.